The van der Waals surface area contributed by atoms with Crippen molar-refractivity contribution in [1.82, 2.24) is 5.32 Å². The summed E-state index contributed by atoms with van der Waals surface area (Å²) >= 11 is 2.23. The molecule has 2 nitrogen and oxygen atoms in total. The molecule has 0 aromatic heterocycles. The molecule has 1 fully saturated rings. The summed E-state index contributed by atoms with van der Waals surface area (Å²) in [5.74, 6) is 0.0583. The summed E-state index contributed by atoms with van der Waals surface area (Å²) in [4.78, 5) is 12.0. The largest absolute Gasteiger partial charge is 0.347 e. The van der Waals surface area contributed by atoms with E-state index in [2.05, 4.69) is 34.8 Å². The number of benzene rings is 1. The number of halogens is 1. The maximum Gasteiger partial charge on any atom is 0.251 e. The van der Waals surface area contributed by atoms with Crippen LogP contribution in [0.2, 0.25) is 0 Å². The van der Waals surface area contributed by atoms with Gasteiger partial charge in [-0.3, -0.25) is 4.79 Å². The first-order chi connectivity index (χ1) is 7.59. The number of hydrogen-bond acceptors (Lipinski definition) is 1. The van der Waals surface area contributed by atoms with E-state index >= 15 is 0 Å². The van der Waals surface area contributed by atoms with Gasteiger partial charge in [-0.1, -0.05) is 18.9 Å². The summed E-state index contributed by atoms with van der Waals surface area (Å²) in [6.07, 6.45) is 4.65. The van der Waals surface area contributed by atoms with Gasteiger partial charge in [0.2, 0.25) is 0 Å². The highest BCUT2D eigenvalue weighted by Gasteiger charge is 2.30. The normalized spacial score (nSPS) is 18.4. The second kappa shape index (κ2) is 4.73. The summed E-state index contributed by atoms with van der Waals surface area (Å²) in [7, 11) is 0. The van der Waals surface area contributed by atoms with Gasteiger partial charge in [-0.2, -0.15) is 0 Å². The maximum absolute atomic E-state index is 12.0. The van der Waals surface area contributed by atoms with Crippen LogP contribution in [-0.4, -0.2) is 11.4 Å². The van der Waals surface area contributed by atoms with Gasteiger partial charge in [0.15, 0.2) is 0 Å². The van der Waals surface area contributed by atoms with Gasteiger partial charge in [0.25, 0.3) is 5.91 Å². The number of carbonyl (C=O) groups excluding carboxylic acids is 1. The molecule has 86 valence electrons. The summed E-state index contributed by atoms with van der Waals surface area (Å²) in [5.41, 5.74) is 0.776. The molecule has 3 heteroatoms. The fraction of sp³-hybridized carbons (Fsp3) is 0.462. The average molecular weight is 329 g/mol. The quantitative estimate of drug-likeness (QED) is 0.829. The lowest BCUT2D eigenvalue weighted by Gasteiger charge is -2.25. The minimum atomic E-state index is 0.0123. The Morgan fingerprint density at radius 3 is 2.69 bits per heavy atom. The van der Waals surface area contributed by atoms with E-state index in [0.717, 1.165) is 22.0 Å². The molecule has 1 aliphatic carbocycles. The second-order valence-corrected chi connectivity index (χ2v) is 5.98. The molecule has 1 aromatic carbocycles. The van der Waals surface area contributed by atoms with Crippen LogP contribution in [0.5, 0.6) is 0 Å². The van der Waals surface area contributed by atoms with Crippen LogP contribution in [0.15, 0.2) is 24.3 Å². The van der Waals surface area contributed by atoms with E-state index in [-0.39, 0.29) is 11.4 Å². The molecule has 1 saturated carbocycles. The Hall–Kier alpha value is -0.580. The Kier molecular flexibility index (Phi) is 3.52. The molecule has 0 atom stereocenters. The predicted molar refractivity (Wildman–Crippen MR) is 73.5 cm³/mol. The third-order valence-electron chi connectivity index (χ3n) is 3.21. The summed E-state index contributed by atoms with van der Waals surface area (Å²) in [5, 5.41) is 3.16. The number of nitrogens with one attached hydrogen (secondary N) is 1. The van der Waals surface area contributed by atoms with Crippen molar-refractivity contribution in [2.75, 3.05) is 0 Å². The minimum Gasteiger partial charge on any atom is -0.347 e. The number of amides is 1. The Morgan fingerprint density at radius 1 is 1.38 bits per heavy atom. The van der Waals surface area contributed by atoms with Gasteiger partial charge in [0.1, 0.15) is 0 Å². The van der Waals surface area contributed by atoms with Crippen molar-refractivity contribution in [2.45, 2.75) is 38.1 Å². The summed E-state index contributed by atoms with van der Waals surface area (Å²) in [6.45, 7) is 2.14. The lowest BCUT2D eigenvalue weighted by Crippen LogP contribution is -2.43. The van der Waals surface area contributed by atoms with Gasteiger partial charge in [0.05, 0.1) is 0 Å². The zero-order chi connectivity index (χ0) is 11.6. The molecular weight excluding hydrogens is 313 g/mol. The van der Waals surface area contributed by atoms with Gasteiger partial charge >= 0.3 is 0 Å². The van der Waals surface area contributed by atoms with E-state index in [1.807, 2.05) is 24.3 Å². The van der Waals surface area contributed by atoms with Crippen LogP contribution in [-0.2, 0) is 0 Å². The van der Waals surface area contributed by atoms with Crippen molar-refractivity contribution in [3.63, 3.8) is 0 Å². The van der Waals surface area contributed by atoms with Crippen molar-refractivity contribution in [1.29, 1.82) is 0 Å². The van der Waals surface area contributed by atoms with Crippen molar-refractivity contribution >= 4 is 28.5 Å². The Labute approximate surface area is 110 Å². The average Bonchev–Trinajstić information content (AvgIpc) is 2.65. The third kappa shape index (κ3) is 2.75. The van der Waals surface area contributed by atoms with E-state index in [1.165, 1.54) is 12.8 Å². The first kappa shape index (κ1) is 11.9. The second-order valence-electron chi connectivity index (χ2n) is 4.73. The van der Waals surface area contributed by atoms with E-state index in [4.69, 9.17) is 0 Å². The first-order valence-corrected chi connectivity index (χ1v) is 6.75. The molecule has 0 unspecified atom stereocenters. The van der Waals surface area contributed by atoms with Gasteiger partial charge in [-0.05, 0) is 60.6 Å². The van der Waals surface area contributed by atoms with Gasteiger partial charge in [-0.15, -0.1) is 0 Å². The molecule has 0 radical (unpaired) electrons. The predicted octanol–water partition coefficient (Wildman–Crippen LogP) is 3.35. The number of hydrogen-bond donors (Lipinski definition) is 1. The van der Waals surface area contributed by atoms with Crippen LogP contribution in [0.25, 0.3) is 0 Å². The molecule has 16 heavy (non-hydrogen) atoms. The number of rotatable bonds is 2. The SMILES string of the molecule is CC1(NC(=O)c2cccc(I)c2)CCCC1. The number of carbonyl (C=O) groups is 1. The summed E-state index contributed by atoms with van der Waals surface area (Å²) in [6, 6.07) is 7.71. The van der Waals surface area contributed by atoms with Crippen LogP contribution in [0.3, 0.4) is 0 Å². The van der Waals surface area contributed by atoms with E-state index in [1.54, 1.807) is 0 Å². The van der Waals surface area contributed by atoms with E-state index in [9.17, 15) is 4.79 Å². The van der Waals surface area contributed by atoms with Crippen LogP contribution in [0, 0.1) is 3.57 Å². The molecule has 0 saturated heterocycles. The Morgan fingerprint density at radius 2 is 2.06 bits per heavy atom. The maximum atomic E-state index is 12.0. The van der Waals surface area contributed by atoms with Gasteiger partial charge in [-0.25, -0.2) is 0 Å². The molecule has 1 aliphatic rings. The van der Waals surface area contributed by atoms with Gasteiger partial charge < -0.3 is 5.32 Å². The fourth-order valence-electron chi connectivity index (χ4n) is 2.26. The highest BCUT2D eigenvalue weighted by molar-refractivity contribution is 14.1. The van der Waals surface area contributed by atoms with Gasteiger partial charge in [0, 0.05) is 14.7 Å². The smallest absolute Gasteiger partial charge is 0.251 e. The van der Waals surface area contributed by atoms with Crippen LogP contribution in [0.1, 0.15) is 43.0 Å². The molecule has 1 N–H and O–H groups in total. The first-order valence-electron chi connectivity index (χ1n) is 5.67. The van der Waals surface area contributed by atoms with Crippen LogP contribution in [0.4, 0.5) is 0 Å². The van der Waals surface area contributed by atoms with Crippen molar-refractivity contribution in [3.05, 3.63) is 33.4 Å². The molecule has 0 bridgehead atoms. The lowest BCUT2D eigenvalue weighted by molar-refractivity contribution is 0.0908. The monoisotopic (exact) mass is 329 g/mol. The molecular formula is C13H16INO. The molecule has 0 spiro atoms. The molecule has 1 amide bonds. The van der Waals surface area contributed by atoms with E-state index in [0.29, 0.717) is 0 Å². The molecule has 2 rings (SSSR count). The molecule has 1 aromatic rings. The molecule has 0 heterocycles. The van der Waals surface area contributed by atoms with Crippen LogP contribution >= 0.6 is 22.6 Å². The van der Waals surface area contributed by atoms with E-state index < -0.39 is 0 Å². The zero-order valence-electron chi connectivity index (χ0n) is 9.42. The van der Waals surface area contributed by atoms with Crippen molar-refractivity contribution in [3.8, 4) is 0 Å². The Bertz CT molecular complexity index is 397. The van der Waals surface area contributed by atoms with Crippen molar-refractivity contribution in [2.24, 2.45) is 0 Å². The Balaban J connectivity index is 2.08. The summed E-state index contributed by atoms with van der Waals surface area (Å²) < 4.78 is 1.10. The highest BCUT2D eigenvalue weighted by atomic mass is 127. The molecule has 0 aliphatic heterocycles. The lowest BCUT2D eigenvalue weighted by atomic mass is 10.00. The standard InChI is InChI=1S/C13H16INO/c1-13(7-2-3-8-13)15-12(16)10-5-4-6-11(14)9-10/h4-6,9H,2-3,7-8H2,1H3,(H,15,16). The topological polar surface area (TPSA) is 29.1 Å². The third-order valence-corrected chi connectivity index (χ3v) is 3.88. The fourth-order valence-corrected chi connectivity index (χ4v) is 2.80. The minimum absolute atomic E-state index is 0.0123. The highest BCUT2D eigenvalue weighted by Crippen LogP contribution is 2.29. The zero-order valence-corrected chi connectivity index (χ0v) is 11.6. The van der Waals surface area contributed by atoms with Crippen LogP contribution < -0.4 is 5.32 Å². The van der Waals surface area contributed by atoms with Crippen molar-refractivity contribution < 1.29 is 4.79 Å².